The van der Waals surface area contributed by atoms with Crippen LogP contribution in [0.5, 0.6) is 5.75 Å². The lowest BCUT2D eigenvalue weighted by Crippen LogP contribution is -2.27. The van der Waals surface area contributed by atoms with Crippen molar-refractivity contribution in [2.45, 2.75) is 5.37 Å². The lowest BCUT2D eigenvalue weighted by atomic mass is 10.1. The number of rotatable bonds is 5. The second-order valence-corrected chi connectivity index (χ2v) is 8.20. The molecule has 1 N–H and O–H groups in total. The molecule has 1 fully saturated rings. The number of anilines is 2. The van der Waals surface area contributed by atoms with Gasteiger partial charge in [-0.2, -0.15) is 0 Å². The van der Waals surface area contributed by atoms with Crippen molar-refractivity contribution in [2.75, 3.05) is 23.1 Å². The average molecular weight is 411 g/mol. The van der Waals surface area contributed by atoms with Crippen molar-refractivity contribution in [3.63, 3.8) is 0 Å². The number of thiophene rings is 1. The van der Waals surface area contributed by atoms with E-state index in [0.717, 1.165) is 11.3 Å². The van der Waals surface area contributed by atoms with Crippen LogP contribution in [0.15, 0.2) is 66.0 Å². The Morgan fingerprint density at radius 1 is 1.14 bits per heavy atom. The first-order valence-corrected chi connectivity index (χ1v) is 10.6. The Balaban J connectivity index is 1.60. The van der Waals surface area contributed by atoms with E-state index in [-0.39, 0.29) is 17.2 Å². The van der Waals surface area contributed by atoms with Crippen molar-refractivity contribution in [3.05, 3.63) is 76.5 Å². The molecule has 3 aromatic rings. The van der Waals surface area contributed by atoms with Crippen LogP contribution in [0.1, 0.15) is 20.6 Å². The highest BCUT2D eigenvalue weighted by molar-refractivity contribution is 8.00. The molecule has 0 bridgehead atoms. The van der Waals surface area contributed by atoms with Crippen LogP contribution in [0.2, 0.25) is 0 Å². The summed E-state index contributed by atoms with van der Waals surface area (Å²) < 4.78 is 5.30. The fourth-order valence-electron chi connectivity index (χ4n) is 3.08. The Morgan fingerprint density at radius 2 is 2.00 bits per heavy atom. The van der Waals surface area contributed by atoms with E-state index in [4.69, 9.17) is 4.74 Å². The topological polar surface area (TPSA) is 58.6 Å². The van der Waals surface area contributed by atoms with Crippen LogP contribution in [-0.2, 0) is 4.79 Å². The van der Waals surface area contributed by atoms with Crippen LogP contribution < -0.4 is 15.0 Å². The summed E-state index contributed by atoms with van der Waals surface area (Å²) in [6.45, 7) is 0. The minimum Gasteiger partial charge on any atom is -0.497 e. The number of amides is 2. The van der Waals surface area contributed by atoms with Crippen LogP contribution in [0, 0.1) is 0 Å². The van der Waals surface area contributed by atoms with Crippen LogP contribution in [-0.4, -0.2) is 24.7 Å². The predicted octanol–water partition coefficient (Wildman–Crippen LogP) is 4.79. The quantitative estimate of drug-likeness (QED) is 0.657. The van der Waals surface area contributed by atoms with Gasteiger partial charge in [0.05, 0.1) is 17.7 Å². The van der Waals surface area contributed by atoms with Gasteiger partial charge in [0.2, 0.25) is 5.91 Å². The molecule has 0 aliphatic carbocycles. The Hall–Kier alpha value is -2.77. The zero-order chi connectivity index (χ0) is 19.5. The van der Waals surface area contributed by atoms with Crippen molar-refractivity contribution in [2.24, 2.45) is 0 Å². The number of methoxy groups -OCH3 is 1. The number of nitrogens with one attached hydrogen (secondary N) is 1. The number of carbonyl (C=O) groups is 2. The lowest BCUT2D eigenvalue weighted by Gasteiger charge is -2.25. The summed E-state index contributed by atoms with van der Waals surface area (Å²) in [7, 11) is 1.61. The van der Waals surface area contributed by atoms with E-state index in [1.54, 1.807) is 29.8 Å². The molecule has 1 aliphatic heterocycles. The Bertz CT molecular complexity index is 1000. The van der Waals surface area contributed by atoms with Crippen LogP contribution >= 0.6 is 23.1 Å². The maximum Gasteiger partial charge on any atom is 0.265 e. The van der Waals surface area contributed by atoms with Crippen LogP contribution in [0.3, 0.4) is 0 Å². The van der Waals surface area contributed by atoms with Gasteiger partial charge in [0, 0.05) is 17.4 Å². The number of benzene rings is 2. The molecule has 0 unspecified atom stereocenters. The van der Waals surface area contributed by atoms with E-state index in [9.17, 15) is 9.59 Å². The van der Waals surface area contributed by atoms with E-state index in [1.807, 2.05) is 60.0 Å². The highest BCUT2D eigenvalue weighted by atomic mass is 32.2. The molecule has 28 heavy (non-hydrogen) atoms. The maximum absolute atomic E-state index is 12.6. The number of hydrogen-bond acceptors (Lipinski definition) is 5. The predicted molar refractivity (Wildman–Crippen MR) is 114 cm³/mol. The molecule has 0 spiro atoms. The largest absolute Gasteiger partial charge is 0.497 e. The van der Waals surface area contributed by atoms with Gasteiger partial charge in [-0.3, -0.25) is 14.5 Å². The lowest BCUT2D eigenvalue weighted by molar-refractivity contribution is -0.115. The highest BCUT2D eigenvalue weighted by Gasteiger charge is 2.34. The normalized spacial score (nSPS) is 16.2. The minimum atomic E-state index is -0.154. The highest BCUT2D eigenvalue weighted by Crippen LogP contribution is 2.42. The van der Waals surface area contributed by atoms with E-state index in [1.165, 1.54) is 11.3 Å². The summed E-state index contributed by atoms with van der Waals surface area (Å²) in [5, 5.41) is 4.65. The molecule has 2 heterocycles. The van der Waals surface area contributed by atoms with Gasteiger partial charge in [-0.25, -0.2) is 0 Å². The summed E-state index contributed by atoms with van der Waals surface area (Å²) in [6, 6.07) is 18.8. The molecule has 1 saturated heterocycles. The smallest absolute Gasteiger partial charge is 0.265 e. The van der Waals surface area contributed by atoms with Crippen LogP contribution in [0.4, 0.5) is 11.4 Å². The Morgan fingerprint density at radius 3 is 2.79 bits per heavy atom. The first-order valence-electron chi connectivity index (χ1n) is 8.68. The van der Waals surface area contributed by atoms with Crippen molar-refractivity contribution in [1.29, 1.82) is 0 Å². The molecule has 1 aliphatic rings. The molecule has 7 heteroatoms. The molecule has 142 valence electrons. The van der Waals surface area contributed by atoms with Crippen LogP contribution in [0.25, 0.3) is 0 Å². The summed E-state index contributed by atoms with van der Waals surface area (Å²) in [5.41, 5.74) is 2.47. The van der Waals surface area contributed by atoms with E-state index >= 15 is 0 Å². The summed E-state index contributed by atoms with van der Waals surface area (Å²) in [5.74, 6) is 1.04. The van der Waals surface area contributed by atoms with Gasteiger partial charge in [0.15, 0.2) is 0 Å². The molecular weight excluding hydrogens is 392 g/mol. The second kappa shape index (κ2) is 8.08. The van der Waals surface area contributed by atoms with Gasteiger partial charge in [-0.05, 0) is 41.3 Å². The molecule has 2 aromatic carbocycles. The van der Waals surface area contributed by atoms with E-state index < -0.39 is 0 Å². The van der Waals surface area contributed by atoms with Gasteiger partial charge in [-0.15, -0.1) is 23.1 Å². The zero-order valence-corrected chi connectivity index (χ0v) is 16.8. The van der Waals surface area contributed by atoms with Gasteiger partial charge in [0.25, 0.3) is 5.91 Å². The number of hydrogen-bond donors (Lipinski definition) is 1. The van der Waals surface area contributed by atoms with Gasteiger partial charge >= 0.3 is 0 Å². The molecular formula is C21H18N2O3S2. The van der Waals surface area contributed by atoms with Crippen molar-refractivity contribution in [3.8, 4) is 5.75 Å². The molecule has 2 amide bonds. The molecule has 4 rings (SSSR count). The number of thioether (sulfide) groups is 1. The Kier molecular flexibility index (Phi) is 5.36. The third-order valence-corrected chi connectivity index (χ3v) is 6.45. The monoisotopic (exact) mass is 410 g/mol. The maximum atomic E-state index is 12.6. The molecule has 1 atom stereocenters. The van der Waals surface area contributed by atoms with Gasteiger partial charge in [0.1, 0.15) is 11.1 Å². The zero-order valence-electron chi connectivity index (χ0n) is 15.1. The SMILES string of the molecule is COc1cccc(N2C(=O)CS[C@H]2c2cccc(NC(=O)c3cccs3)c2)c1. The molecule has 0 saturated carbocycles. The number of nitrogens with zero attached hydrogens (tertiary/aromatic N) is 1. The van der Waals surface area contributed by atoms with Crippen molar-refractivity contribution < 1.29 is 14.3 Å². The third kappa shape index (κ3) is 3.76. The van der Waals surface area contributed by atoms with Gasteiger partial charge in [-0.1, -0.05) is 24.3 Å². The first kappa shape index (κ1) is 18.6. The van der Waals surface area contributed by atoms with E-state index in [0.29, 0.717) is 22.1 Å². The van der Waals surface area contributed by atoms with E-state index in [2.05, 4.69) is 5.32 Å². The fraction of sp³-hybridized carbons (Fsp3) is 0.143. The second-order valence-electron chi connectivity index (χ2n) is 6.19. The third-order valence-electron chi connectivity index (χ3n) is 4.37. The number of carbonyl (C=O) groups excluding carboxylic acids is 2. The molecule has 1 aromatic heterocycles. The van der Waals surface area contributed by atoms with Crippen molar-refractivity contribution in [1.82, 2.24) is 0 Å². The summed E-state index contributed by atoms with van der Waals surface area (Å²) >= 11 is 2.97. The fourth-order valence-corrected chi connectivity index (χ4v) is 4.87. The van der Waals surface area contributed by atoms with Crippen molar-refractivity contribution >= 4 is 46.3 Å². The first-order chi connectivity index (χ1) is 13.7. The summed E-state index contributed by atoms with van der Waals surface area (Å²) in [6.07, 6.45) is 0. The molecule has 0 radical (unpaired) electrons. The Labute approximate surface area is 171 Å². The average Bonchev–Trinajstić information content (AvgIpc) is 3.38. The standard InChI is InChI=1S/C21H18N2O3S2/c1-26-17-8-3-7-16(12-17)23-19(24)13-28-21(23)14-5-2-6-15(11-14)22-20(25)18-9-4-10-27-18/h2-12,21H,13H2,1H3,(H,22,25)/t21-/m0/s1. The molecule has 5 nitrogen and oxygen atoms in total. The summed E-state index contributed by atoms with van der Waals surface area (Å²) in [4.78, 5) is 27.4. The van der Waals surface area contributed by atoms with Gasteiger partial charge < -0.3 is 10.1 Å². The minimum absolute atomic E-state index is 0.0521. The number of ether oxygens (including phenoxy) is 1.